The molecule has 2 aromatic carbocycles. The van der Waals surface area contributed by atoms with Gasteiger partial charge >= 0.3 is 5.97 Å². The number of fused-ring (bicyclic) bond motifs is 1. The molecule has 3 aromatic rings. The van der Waals surface area contributed by atoms with Crippen LogP contribution in [-0.2, 0) is 14.4 Å². The maximum atomic E-state index is 12.9. The molecule has 39 heavy (non-hydrogen) atoms. The molecule has 0 saturated carbocycles. The van der Waals surface area contributed by atoms with Gasteiger partial charge in [0.1, 0.15) is 6.04 Å². The molecular weight excluding hydrogens is 585 g/mol. The van der Waals surface area contributed by atoms with Gasteiger partial charge in [-0.2, -0.15) is 0 Å². The first-order chi connectivity index (χ1) is 18.6. The number of benzene rings is 2. The van der Waals surface area contributed by atoms with Gasteiger partial charge < -0.3 is 20.6 Å². The fraction of sp³-hybridized carbons (Fsp3) is 0.259. The number of carboxylic acids is 1. The third-order valence-electron chi connectivity index (χ3n) is 6.30. The lowest BCUT2D eigenvalue weighted by atomic mass is 10.0. The average Bonchev–Trinajstić information content (AvgIpc) is 3.38. The molecule has 0 spiro atoms. The van der Waals surface area contributed by atoms with Crippen LogP contribution in [0.15, 0.2) is 47.9 Å². The van der Waals surface area contributed by atoms with Crippen LogP contribution < -0.4 is 10.6 Å². The molecule has 1 atom stereocenters. The minimum absolute atomic E-state index is 0.199. The van der Waals surface area contributed by atoms with Gasteiger partial charge in [0.25, 0.3) is 5.91 Å². The van der Waals surface area contributed by atoms with Crippen molar-refractivity contribution in [1.29, 1.82) is 0 Å². The van der Waals surface area contributed by atoms with Crippen LogP contribution >= 0.6 is 46.1 Å². The van der Waals surface area contributed by atoms with Gasteiger partial charge in [-0.15, -0.1) is 11.3 Å². The summed E-state index contributed by atoms with van der Waals surface area (Å²) in [5.41, 5.74) is 0.858. The third-order valence-corrected chi connectivity index (χ3v) is 8.47. The van der Waals surface area contributed by atoms with Crippen LogP contribution in [0.25, 0.3) is 16.2 Å². The van der Waals surface area contributed by atoms with E-state index in [4.69, 9.17) is 34.8 Å². The number of likely N-dealkylation sites (tertiary alicyclic amines) is 1. The summed E-state index contributed by atoms with van der Waals surface area (Å²) in [4.78, 5) is 51.2. The van der Waals surface area contributed by atoms with E-state index in [1.165, 1.54) is 29.5 Å². The molecule has 12 heteroatoms. The van der Waals surface area contributed by atoms with Crippen molar-refractivity contribution in [2.45, 2.75) is 31.3 Å². The van der Waals surface area contributed by atoms with E-state index in [0.717, 1.165) is 10.1 Å². The van der Waals surface area contributed by atoms with Gasteiger partial charge in [0.15, 0.2) is 0 Å². The van der Waals surface area contributed by atoms with Crippen LogP contribution in [0.5, 0.6) is 0 Å². The molecule has 4 rings (SSSR count). The minimum atomic E-state index is -1.27. The molecule has 0 radical (unpaired) electrons. The number of carbonyl (C=O) groups excluding carboxylic acids is 3. The van der Waals surface area contributed by atoms with E-state index in [0.29, 0.717) is 46.6 Å². The number of piperidine rings is 1. The Morgan fingerprint density at radius 3 is 2.51 bits per heavy atom. The van der Waals surface area contributed by atoms with Crippen LogP contribution in [0.4, 0.5) is 0 Å². The average molecular weight is 609 g/mol. The van der Waals surface area contributed by atoms with Crippen molar-refractivity contribution in [3.63, 3.8) is 0 Å². The Labute approximate surface area is 243 Å². The van der Waals surface area contributed by atoms with Crippen molar-refractivity contribution >= 4 is 86.0 Å². The summed E-state index contributed by atoms with van der Waals surface area (Å²) in [6, 6.07) is 8.39. The summed E-state index contributed by atoms with van der Waals surface area (Å²) in [6.45, 7) is 0.787. The SMILES string of the molecule is O=C(O)C[C@H](NC(=O)c1cccc(Cl)c1)C(=O)NC1CCN(C(=O)/C=C/c2cc3ccsc3c(Cl)c2Cl)CC1. The van der Waals surface area contributed by atoms with Crippen molar-refractivity contribution in [3.05, 3.63) is 74.0 Å². The summed E-state index contributed by atoms with van der Waals surface area (Å²) >= 11 is 20.2. The van der Waals surface area contributed by atoms with Gasteiger partial charge in [0.05, 0.1) is 21.2 Å². The zero-order valence-corrected chi connectivity index (χ0v) is 23.5. The third kappa shape index (κ3) is 7.30. The first-order valence-electron chi connectivity index (χ1n) is 12.0. The molecule has 8 nitrogen and oxygen atoms in total. The van der Waals surface area contributed by atoms with Gasteiger partial charge in [-0.25, -0.2) is 0 Å². The molecule has 2 heterocycles. The number of carboxylic acid groups (broad SMARTS) is 1. The summed E-state index contributed by atoms with van der Waals surface area (Å²) in [7, 11) is 0. The molecule has 204 valence electrons. The smallest absolute Gasteiger partial charge is 0.305 e. The minimum Gasteiger partial charge on any atom is -0.481 e. The number of thiophene rings is 1. The van der Waals surface area contributed by atoms with Crippen molar-refractivity contribution in [2.24, 2.45) is 0 Å². The highest BCUT2D eigenvalue weighted by atomic mass is 35.5. The second-order valence-corrected chi connectivity index (χ2v) is 11.1. The van der Waals surface area contributed by atoms with Crippen molar-refractivity contribution < 1.29 is 24.3 Å². The molecule has 0 aliphatic carbocycles. The number of nitrogens with one attached hydrogen (secondary N) is 2. The Hall–Kier alpha value is -3.11. The van der Waals surface area contributed by atoms with E-state index >= 15 is 0 Å². The molecule has 1 aromatic heterocycles. The molecule has 3 N–H and O–H groups in total. The Morgan fingerprint density at radius 1 is 1.08 bits per heavy atom. The normalized spacial score (nSPS) is 14.9. The fourth-order valence-electron chi connectivity index (χ4n) is 4.26. The highest BCUT2D eigenvalue weighted by molar-refractivity contribution is 7.18. The maximum absolute atomic E-state index is 12.9. The number of rotatable bonds is 8. The quantitative estimate of drug-likeness (QED) is 0.302. The van der Waals surface area contributed by atoms with E-state index in [1.54, 1.807) is 23.1 Å². The van der Waals surface area contributed by atoms with E-state index in [-0.39, 0.29) is 17.5 Å². The molecule has 1 saturated heterocycles. The van der Waals surface area contributed by atoms with E-state index in [9.17, 15) is 24.3 Å². The van der Waals surface area contributed by atoms with E-state index < -0.39 is 30.2 Å². The lowest BCUT2D eigenvalue weighted by molar-refractivity contribution is -0.140. The first-order valence-corrected chi connectivity index (χ1v) is 14.0. The number of amides is 3. The predicted octanol–water partition coefficient (Wildman–Crippen LogP) is 5.26. The van der Waals surface area contributed by atoms with Crippen molar-refractivity contribution in [2.75, 3.05) is 13.1 Å². The van der Waals surface area contributed by atoms with E-state index in [2.05, 4.69) is 10.6 Å². The van der Waals surface area contributed by atoms with Gasteiger partial charge in [-0.05, 0) is 65.6 Å². The fourth-order valence-corrected chi connectivity index (χ4v) is 5.89. The number of hydrogen-bond donors (Lipinski definition) is 3. The second-order valence-electron chi connectivity index (χ2n) is 9.01. The highest BCUT2D eigenvalue weighted by Gasteiger charge is 2.28. The summed E-state index contributed by atoms with van der Waals surface area (Å²) in [6.07, 6.45) is 3.45. The zero-order valence-electron chi connectivity index (χ0n) is 20.5. The van der Waals surface area contributed by atoms with Gasteiger partial charge in [-0.1, -0.05) is 40.9 Å². The molecule has 1 aliphatic heterocycles. The van der Waals surface area contributed by atoms with Crippen molar-refractivity contribution in [1.82, 2.24) is 15.5 Å². The molecule has 1 fully saturated rings. The summed E-state index contributed by atoms with van der Waals surface area (Å²) < 4.78 is 0.892. The summed E-state index contributed by atoms with van der Waals surface area (Å²) in [5.74, 6) is -2.64. The lowest BCUT2D eigenvalue weighted by Gasteiger charge is -2.32. The van der Waals surface area contributed by atoms with E-state index in [1.807, 2.05) is 17.5 Å². The lowest BCUT2D eigenvalue weighted by Crippen LogP contribution is -2.53. The van der Waals surface area contributed by atoms with Gasteiger partial charge in [0, 0.05) is 35.8 Å². The van der Waals surface area contributed by atoms with Crippen LogP contribution in [0, 0.1) is 0 Å². The molecule has 1 aliphatic rings. The largest absolute Gasteiger partial charge is 0.481 e. The second kappa shape index (κ2) is 12.8. The number of hydrogen-bond acceptors (Lipinski definition) is 5. The van der Waals surface area contributed by atoms with Gasteiger partial charge in [0.2, 0.25) is 11.8 Å². The Kier molecular flexibility index (Phi) is 9.50. The standard InChI is InChI=1S/C27H24Cl3N3O5S/c28-18-3-1-2-17(13-18)26(37)32-20(14-22(35)36)27(38)31-19-6-9-33(10-7-19)21(34)5-4-15-12-16-8-11-39-25(16)24(30)23(15)29/h1-5,8,11-13,19-20H,6-7,9-10,14H2,(H,31,38)(H,32,37)(H,35,36)/b5-4+/t20-/m0/s1. The van der Waals surface area contributed by atoms with Crippen LogP contribution in [-0.4, -0.2) is 58.9 Å². The Balaban J connectivity index is 1.32. The number of carbonyl (C=O) groups is 4. The number of aliphatic carboxylic acids is 1. The number of halogens is 3. The zero-order chi connectivity index (χ0) is 28.1. The Bertz CT molecular complexity index is 1450. The van der Waals surface area contributed by atoms with Crippen molar-refractivity contribution in [3.8, 4) is 0 Å². The van der Waals surface area contributed by atoms with Crippen LogP contribution in [0.2, 0.25) is 15.1 Å². The number of nitrogens with zero attached hydrogens (tertiary/aromatic N) is 1. The molecule has 0 unspecified atom stereocenters. The molecular formula is C27H24Cl3N3O5S. The molecule has 0 bridgehead atoms. The predicted molar refractivity (Wildman–Crippen MR) is 154 cm³/mol. The monoisotopic (exact) mass is 607 g/mol. The van der Waals surface area contributed by atoms with Gasteiger partial charge in [-0.3, -0.25) is 19.2 Å². The maximum Gasteiger partial charge on any atom is 0.305 e. The molecule has 3 amide bonds. The summed E-state index contributed by atoms with van der Waals surface area (Å²) in [5, 5.41) is 18.6. The first kappa shape index (κ1) is 28.9. The highest BCUT2D eigenvalue weighted by Crippen LogP contribution is 2.37. The van der Waals surface area contributed by atoms with Crippen LogP contribution in [0.1, 0.15) is 35.2 Å². The Morgan fingerprint density at radius 2 is 1.82 bits per heavy atom. The van der Waals surface area contributed by atoms with Crippen LogP contribution in [0.3, 0.4) is 0 Å². The topological polar surface area (TPSA) is 116 Å².